The third-order valence-electron chi connectivity index (χ3n) is 4.65. The molecule has 0 atom stereocenters. The fourth-order valence-corrected chi connectivity index (χ4v) is 4.11. The molecule has 0 spiro atoms. The van der Waals surface area contributed by atoms with E-state index in [1.807, 2.05) is 13.0 Å². The van der Waals surface area contributed by atoms with Gasteiger partial charge >= 0.3 is 0 Å². The maximum absolute atomic E-state index is 12.9. The number of methoxy groups -OCH3 is 1. The van der Waals surface area contributed by atoms with Crippen LogP contribution in [-0.4, -0.2) is 35.1 Å². The molecule has 3 aromatic carbocycles. The summed E-state index contributed by atoms with van der Waals surface area (Å²) in [6.07, 6.45) is 0. The monoisotopic (exact) mass is 440 g/mol. The van der Waals surface area contributed by atoms with E-state index >= 15 is 0 Å². The summed E-state index contributed by atoms with van der Waals surface area (Å²) in [5.74, 6) is 0.836. The highest BCUT2D eigenvalue weighted by molar-refractivity contribution is 7.92. The summed E-state index contributed by atoms with van der Waals surface area (Å²) in [5.41, 5.74) is 1.39. The van der Waals surface area contributed by atoms with Crippen molar-refractivity contribution in [2.45, 2.75) is 11.8 Å². The van der Waals surface area contributed by atoms with Crippen LogP contribution in [-0.2, 0) is 10.0 Å². The Kier molecular flexibility index (Phi) is 6.81. The zero-order valence-electron chi connectivity index (χ0n) is 17.5. The number of carbonyl (C=O) groups excluding carboxylic acids is 1. The van der Waals surface area contributed by atoms with E-state index in [1.165, 1.54) is 30.6 Å². The normalized spacial score (nSPS) is 10.9. The Morgan fingerprint density at radius 3 is 2.23 bits per heavy atom. The summed E-state index contributed by atoms with van der Waals surface area (Å²) in [5, 5.41) is 2.82. The van der Waals surface area contributed by atoms with Crippen molar-refractivity contribution in [2.75, 3.05) is 30.4 Å². The molecule has 1 amide bonds. The summed E-state index contributed by atoms with van der Waals surface area (Å²) < 4.78 is 37.5. The first kappa shape index (κ1) is 22.2. The SMILES string of the molecule is CCOc1ccccc1NC(=O)c1ccc(N(C)S(=O)(=O)c2ccc(OC)cc2)cc1. The van der Waals surface area contributed by atoms with Crippen molar-refractivity contribution in [3.63, 3.8) is 0 Å². The Hall–Kier alpha value is -3.52. The minimum Gasteiger partial charge on any atom is -0.497 e. The smallest absolute Gasteiger partial charge is 0.264 e. The zero-order chi connectivity index (χ0) is 22.4. The first-order valence-electron chi connectivity index (χ1n) is 9.63. The van der Waals surface area contributed by atoms with E-state index in [9.17, 15) is 13.2 Å². The number of para-hydroxylation sites is 2. The summed E-state index contributed by atoms with van der Waals surface area (Å²) >= 11 is 0. The van der Waals surface area contributed by atoms with Crippen LogP contribution < -0.4 is 19.1 Å². The lowest BCUT2D eigenvalue weighted by Gasteiger charge is -2.20. The molecule has 7 nitrogen and oxygen atoms in total. The number of ether oxygens (including phenoxy) is 2. The predicted octanol–water partition coefficient (Wildman–Crippen LogP) is 4.17. The molecule has 8 heteroatoms. The number of hydrogen-bond donors (Lipinski definition) is 1. The number of hydrogen-bond acceptors (Lipinski definition) is 5. The van der Waals surface area contributed by atoms with E-state index in [0.29, 0.717) is 35.0 Å². The van der Waals surface area contributed by atoms with Gasteiger partial charge in [-0.25, -0.2) is 8.42 Å². The van der Waals surface area contributed by atoms with Gasteiger partial charge in [-0.2, -0.15) is 0 Å². The third-order valence-corrected chi connectivity index (χ3v) is 6.45. The average molecular weight is 441 g/mol. The molecule has 31 heavy (non-hydrogen) atoms. The maximum Gasteiger partial charge on any atom is 0.264 e. The van der Waals surface area contributed by atoms with Gasteiger partial charge < -0.3 is 14.8 Å². The number of rotatable bonds is 8. The second-order valence-electron chi connectivity index (χ2n) is 6.58. The Balaban J connectivity index is 1.76. The molecule has 0 unspecified atom stereocenters. The van der Waals surface area contributed by atoms with Crippen molar-refractivity contribution in [3.05, 3.63) is 78.4 Å². The summed E-state index contributed by atoms with van der Waals surface area (Å²) in [6, 6.07) is 19.7. The quantitative estimate of drug-likeness (QED) is 0.568. The number of amides is 1. The Bertz CT molecular complexity index is 1140. The molecule has 0 aliphatic rings. The van der Waals surface area contributed by atoms with Crippen molar-refractivity contribution in [2.24, 2.45) is 0 Å². The van der Waals surface area contributed by atoms with Gasteiger partial charge in [0, 0.05) is 12.6 Å². The first-order valence-corrected chi connectivity index (χ1v) is 11.1. The second kappa shape index (κ2) is 9.53. The molecule has 0 radical (unpaired) electrons. The van der Waals surface area contributed by atoms with Crippen LogP contribution in [0.15, 0.2) is 77.7 Å². The van der Waals surface area contributed by atoms with Crippen molar-refractivity contribution in [1.29, 1.82) is 0 Å². The Labute approximate surface area is 182 Å². The van der Waals surface area contributed by atoms with Gasteiger partial charge in [-0.15, -0.1) is 0 Å². The molecule has 0 saturated carbocycles. The van der Waals surface area contributed by atoms with E-state index in [-0.39, 0.29) is 10.8 Å². The minimum atomic E-state index is -3.75. The van der Waals surface area contributed by atoms with E-state index in [2.05, 4.69) is 5.32 Å². The van der Waals surface area contributed by atoms with E-state index in [1.54, 1.807) is 54.6 Å². The number of sulfonamides is 1. The van der Waals surface area contributed by atoms with Gasteiger partial charge in [0.05, 0.1) is 30.0 Å². The van der Waals surface area contributed by atoms with Crippen molar-refractivity contribution in [1.82, 2.24) is 0 Å². The average Bonchev–Trinajstić information content (AvgIpc) is 2.80. The van der Waals surface area contributed by atoms with Crippen LogP contribution in [0, 0.1) is 0 Å². The number of anilines is 2. The van der Waals surface area contributed by atoms with Crippen LogP contribution in [0.3, 0.4) is 0 Å². The van der Waals surface area contributed by atoms with E-state index < -0.39 is 10.0 Å². The standard InChI is InChI=1S/C23H24N2O5S/c1-4-30-22-8-6-5-7-21(22)24-23(26)17-9-11-18(12-10-17)25(2)31(27,28)20-15-13-19(29-3)14-16-20/h5-16H,4H2,1-3H3,(H,24,26). The predicted molar refractivity (Wildman–Crippen MR) is 121 cm³/mol. The van der Waals surface area contributed by atoms with Crippen LogP contribution in [0.1, 0.15) is 17.3 Å². The first-order chi connectivity index (χ1) is 14.9. The number of nitrogens with one attached hydrogen (secondary N) is 1. The topological polar surface area (TPSA) is 84.9 Å². The van der Waals surface area contributed by atoms with Gasteiger partial charge in [-0.05, 0) is 67.6 Å². The molecular formula is C23H24N2O5S. The summed E-state index contributed by atoms with van der Waals surface area (Å²) in [7, 11) is -0.768. The molecular weight excluding hydrogens is 416 g/mol. The number of carbonyl (C=O) groups is 1. The van der Waals surface area contributed by atoms with Gasteiger partial charge in [0.1, 0.15) is 11.5 Å². The Morgan fingerprint density at radius 1 is 0.968 bits per heavy atom. The lowest BCUT2D eigenvalue weighted by atomic mass is 10.2. The third kappa shape index (κ3) is 4.97. The lowest BCUT2D eigenvalue weighted by Crippen LogP contribution is -2.26. The molecule has 3 rings (SSSR count). The van der Waals surface area contributed by atoms with Gasteiger partial charge in [0.2, 0.25) is 0 Å². The van der Waals surface area contributed by atoms with Crippen LogP contribution >= 0.6 is 0 Å². The minimum absolute atomic E-state index is 0.144. The van der Waals surface area contributed by atoms with Crippen LogP contribution in [0.2, 0.25) is 0 Å². The van der Waals surface area contributed by atoms with Gasteiger partial charge in [-0.3, -0.25) is 9.10 Å². The van der Waals surface area contributed by atoms with Gasteiger partial charge in [0.25, 0.3) is 15.9 Å². The molecule has 162 valence electrons. The van der Waals surface area contributed by atoms with Crippen molar-refractivity contribution in [3.8, 4) is 11.5 Å². The Morgan fingerprint density at radius 2 is 1.61 bits per heavy atom. The molecule has 0 aliphatic heterocycles. The van der Waals surface area contributed by atoms with Gasteiger partial charge in [-0.1, -0.05) is 12.1 Å². The van der Waals surface area contributed by atoms with Crippen molar-refractivity contribution >= 4 is 27.3 Å². The summed E-state index contributed by atoms with van der Waals surface area (Å²) in [4.78, 5) is 12.8. The van der Waals surface area contributed by atoms with E-state index in [4.69, 9.17) is 9.47 Å². The number of benzene rings is 3. The highest BCUT2D eigenvalue weighted by Crippen LogP contribution is 2.26. The van der Waals surface area contributed by atoms with E-state index in [0.717, 1.165) is 0 Å². The molecule has 0 fully saturated rings. The molecule has 0 saturated heterocycles. The molecule has 1 N–H and O–H groups in total. The van der Waals surface area contributed by atoms with Crippen LogP contribution in [0.25, 0.3) is 0 Å². The van der Waals surface area contributed by atoms with Crippen LogP contribution in [0.5, 0.6) is 11.5 Å². The van der Waals surface area contributed by atoms with Crippen molar-refractivity contribution < 1.29 is 22.7 Å². The molecule has 0 aliphatic carbocycles. The van der Waals surface area contributed by atoms with Crippen LogP contribution in [0.4, 0.5) is 11.4 Å². The fraction of sp³-hybridized carbons (Fsp3) is 0.174. The molecule has 0 heterocycles. The second-order valence-corrected chi connectivity index (χ2v) is 8.55. The molecule has 3 aromatic rings. The van der Waals surface area contributed by atoms with Gasteiger partial charge in [0.15, 0.2) is 0 Å². The lowest BCUT2D eigenvalue weighted by molar-refractivity contribution is 0.102. The highest BCUT2D eigenvalue weighted by Gasteiger charge is 2.21. The maximum atomic E-state index is 12.9. The number of nitrogens with zero attached hydrogens (tertiary/aromatic N) is 1. The largest absolute Gasteiger partial charge is 0.497 e. The molecule has 0 bridgehead atoms. The fourth-order valence-electron chi connectivity index (χ4n) is 2.91. The zero-order valence-corrected chi connectivity index (χ0v) is 18.3. The summed E-state index contributed by atoms with van der Waals surface area (Å²) in [6.45, 7) is 2.35. The highest BCUT2D eigenvalue weighted by atomic mass is 32.2. The molecule has 0 aromatic heterocycles.